The number of fused-ring (bicyclic) bond motifs is 1. The van der Waals surface area contributed by atoms with E-state index >= 15 is 0 Å². The summed E-state index contributed by atoms with van der Waals surface area (Å²) in [5.74, 6) is -2.84. The maximum Gasteiger partial charge on any atom is 0.355 e. The van der Waals surface area contributed by atoms with Crippen LogP contribution in [-0.4, -0.2) is 75.2 Å². The molecule has 13 heteroatoms. The van der Waals surface area contributed by atoms with Gasteiger partial charge in [0.05, 0.1) is 18.4 Å². The van der Waals surface area contributed by atoms with Crippen LogP contribution in [0.1, 0.15) is 28.4 Å². The lowest BCUT2D eigenvalue weighted by Crippen LogP contribution is -2.70. The van der Waals surface area contributed by atoms with Gasteiger partial charge in [-0.2, -0.15) is 0 Å². The topological polar surface area (TPSA) is 152 Å². The number of hydrogen-bond donors (Lipinski definition) is 0. The fourth-order valence-corrected chi connectivity index (χ4v) is 6.27. The number of amides is 1. The second-order valence-electron chi connectivity index (χ2n) is 8.99. The molecule has 1 unspecified atom stereocenters. The number of esters is 3. The van der Waals surface area contributed by atoms with Crippen LogP contribution in [-0.2, 0) is 56.4 Å². The smallest absolute Gasteiger partial charge is 0.355 e. The van der Waals surface area contributed by atoms with Crippen molar-refractivity contribution >= 4 is 33.7 Å². The van der Waals surface area contributed by atoms with Gasteiger partial charge < -0.3 is 23.7 Å². The Hall–Kier alpha value is -4.23. The minimum absolute atomic E-state index is 0.0723. The molecular weight excluding hydrogens is 546 g/mol. The van der Waals surface area contributed by atoms with E-state index in [4.69, 9.17) is 23.7 Å². The maximum atomic E-state index is 13.1. The van der Waals surface area contributed by atoms with Gasteiger partial charge in [-0.25, -0.2) is 18.0 Å². The van der Waals surface area contributed by atoms with Gasteiger partial charge in [-0.3, -0.25) is 14.5 Å². The van der Waals surface area contributed by atoms with Gasteiger partial charge in [0, 0.05) is 19.6 Å². The number of hydrogen-bond acceptors (Lipinski definition) is 11. The molecule has 2 aliphatic rings. The molecule has 2 aromatic rings. The zero-order chi connectivity index (χ0) is 29.0. The molecule has 212 valence electrons. The summed E-state index contributed by atoms with van der Waals surface area (Å²) in [6.07, 6.45) is -1.25. The lowest BCUT2D eigenvalue weighted by Gasteiger charge is -2.48. The molecule has 2 aromatic carbocycles. The van der Waals surface area contributed by atoms with E-state index < -0.39 is 57.5 Å². The van der Waals surface area contributed by atoms with Crippen LogP contribution in [0, 0.1) is 0 Å². The highest BCUT2D eigenvalue weighted by molar-refractivity contribution is 7.92. The predicted octanol–water partition coefficient (Wildman–Crippen LogP) is 1.52. The van der Waals surface area contributed by atoms with E-state index in [0.29, 0.717) is 11.3 Å². The van der Waals surface area contributed by atoms with Crippen molar-refractivity contribution in [3.8, 4) is 5.75 Å². The summed E-state index contributed by atoms with van der Waals surface area (Å²) in [6.45, 7) is 0.466. The minimum Gasteiger partial charge on any atom is -0.497 e. The molecule has 0 spiro atoms. The van der Waals surface area contributed by atoms with Crippen molar-refractivity contribution in [1.29, 1.82) is 0 Å². The summed E-state index contributed by atoms with van der Waals surface area (Å²) >= 11 is 0. The largest absolute Gasteiger partial charge is 0.497 e. The first-order valence-corrected chi connectivity index (χ1v) is 13.8. The normalized spacial score (nSPS) is 19.3. The van der Waals surface area contributed by atoms with E-state index in [9.17, 15) is 27.6 Å². The van der Waals surface area contributed by atoms with Crippen LogP contribution in [0.3, 0.4) is 0 Å². The molecule has 2 heterocycles. The Balaban J connectivity index is 1.42. The van der Waals surface area contributed by atoms with E-state index in [2.05, 4.69) is 0 Å². The van der Waals surface area contributed by atoms with Crippen molar-refractivity contribution in [3.05, 3.63) is 76.5 Å². The number of nitrogens with zero attached hydrogens (tertiary/aromatic N) is 1. The first-order valence-electron chi connectivity index (χ1n) is 12.0. The number of rotatable bonds is 10. The first-order chi connectivity index (χ1) is 19.1. The quantitative estimate of drug-likeness (QED) is 0.231. The number of ether oxygens (including phenoxy) is 5. The Kier molecular flexibility index (Phi) is 8.55. The SMILES string of the molecule is COc1ccc(COC(=O)c2ccc(COC(=O)C3=C(COC(C)=O)CS(=O)(=O)C4[C@@H](OC)C(=O)N34)cc2)cc1. The van der Waals surface area contributed by atoms with Crippen LogP contribution in [0.5, 0.6) is 5.75 Å². The van der Waals surface area contributed by atoms with E-state index in [-0.39, 0.29) is 30.0 Å². The molecule has 0 saturated carbocycles. The number of benzene rings is 2. The highest BCUT2D eigenvalue weighted by Crippen LogP contribution is 2.38. The molecule has 2 atom stereocenters. The summed E-state index contributed by atoms with van der Waals surface area (Å²) in [4.78, 5) is 50.2. The van der Waals surface area contributed by atoms with Crippen LogP contribution in [0.4, 0.5) is 0 Å². The van der Waals surface area contributed by atoms with Crippen molar-refractivity contribution in [2.45, 2.75) is 31.6 Å². The summed E-state index contributed by atoms with van der Waals surface area (Å²) in [7, 11) is -1.16. The molecule has 40 heavy (non-hydrogen) atoms. The van der Waals surface area contributed by atoms with Crippen LogP contribution >= 0.6 is 0 Å². The second kappa shape index (κ2) is 11.9. The average molecular weight is 574 g/mol. The molecule has 2 aliphatic heterocycles. The van der Waals surface area contributed by atoms with Crippen LogP contribution < -0.4 is 4.74 Å². The van der Waals surface area contributed by atoms with Gasteiger partial charge in [0.2, 0.25) is 0 Å². The Bertz CT molecular complexity index is 1450. The third-order valence-corrected chi connectivity index (χ3v) is 8.24. The zero-order valence-corrected chi connectivity index (χ0v) is 22.8. The molecule has 0 aliphatic carbocycles. The lowest BCUT2D eigenvalue weighted by atomic mass is 10.1. The minimum atomic E-state index is -3.91. The molecular formula is C27H27NO11S. The fourth-order valence-electron chi connectivity index (χ4n) is 4.26. The molecule has 1 amide bonds. The summed E-state index contributed by atoms with van der Waals surface area (Å²) in [5, 5.41) is -1.38. The van der Waals surface area contributed by atoms with E-state index in [1.165, 1.54) is 19.2 Å². The third kappa shape index (κ3) is 6.00. The molecule has 0 aromatic heterocycles. The Morgan fingerprint density at radius 3 is 1.98 bits per heavy atom. The Morgan fingerprint density at radius 2 is 1.43 bits per heavy atom. The van der Waals surface area contributed by atoms with Crippen LogP contribution in [0.2, 0.25) is 0 Å². The Labute approximate surface area is 230 Å². The van der Waals surface area contributed by atoms with Crippen LogP contribution in [0.25, 0.3) is 0 Å². The van der Waals surface area contributed by atoms with Gasteiger partial charge >= 0.3 is 17.9 Å². The monoisotopic (exact) mass is 573 g/mol. The molecule has 1 saturated heterocycles. The van der Waals surface area contributed by atoms with Gasteiger partial charge in [-0.15, -0.1) is 0 Å². The van der Waals surface area contributed by atoms with Gasteiger partial charge in [0.1, 0.15) is 31.3 Å². The number of β-lactam (4-membered cyclic amide) rings is 1. The van der Waals surface area contributed by atoms with Crippen molar-refractivity contribution in [2.24, 2.45) is 0 Å². The average Bonchev–Trinajstić information content (AvgIpc) is 2.94. The van der Waals surface area contributed by atoms with Gasteiger partial charge in [-0.05, 0) is 35.4 Å². The van der Waals surface area contributed by atoms with E-state index in [0.717, 1.165) is 17.4 Å². The van der Waals surface area contributed by atoms with Crippen molar-refractivity contribution in [2.75, 3.05) is 26.6 Å². The van der Waals surface area contributed by atoms with E-state index in [1.54, 1.807) is 43.5 Å². The van der Waals surface area contributed by atoms with Gasteiger partial charge in [-0.1, -0.05) is 24.3 Å². The summed E-state index contributed by atoms with van der Waals surface area (Å²) in [5.41, 5.74) is 1.22. The maximum absolute atomic E-state index is 13.1. The summed E-state index contributed by atoms with van der Waals surface area (Å²) < 4.78 is 51.2. The summed E-state index contributed by atoms with van der Waals surface area (Å²) in [6, 6.07) is 13.2. The number of carbonyl (C=O) groups excluding carboxylic acids is 4. The number of sulfone groups is 1. The van der Waals surface area contributed by atoms with Crippen LogP contribution in [0.15, 0.2) is 59.8 Å². The predicted molar refractivity (Wildman–Crippen MR) is 137 cm³/mol. The molecule has 4 rings (SSSR count). The first kappa shape index (κ1) is 28.8. The second-order valence-corrected chi connectivity index (χ2v) is 11.1. The van der Waals surface area contributed by atoms with Crippen molar-refractivity contribution in [1.82, 2.24) is 4.90 Å². The zero-order valence-electron chi connectivity index (χ0n) is 21.9. The number of methoxy groups -OCH3 is 2. The van der Waals surface area contributed by atoms with Crippen molar-refractivity contribution in [3.63, 3.8) is 0 Å². The Morgan fingerprint density at radius 1 is 0.850 bits per heavy atom. The molecule has 0 bridgehead atoms. The third-order valence-electron chi connectivity index (χ3n) is 6.30. The molecule has 1 fully saturated rings. The fraction of sp³-hybridized carbons (Fsp3) is 0.333. The standard InChI is InChI=1S/C27H27NO11S/c1-16(29)37-14-20-15-40(33,34)25-23(36-3)24(30)28(25)22(20)27(32)39-13-17-4-8-19(9-5-17)26(31)38-12-18-6-10-21(35-2)11-7-18/h4-11,23,25H,12-15H2,1-3H3/t23-,25?/m0/s1. The lowest BCUT2D eigenvalue weighted by molar-refractivity contribution is -0.164. The molecule has 0 radical (unpaired) electrons. The van der Waals surface area contributed by atoms with Crippen molar-refractivity contribution < 1.29 is 51.3 Å². The van der Waals surface area contributed by atoms with E-state index in [1.807, 2.05) is 0 Å². The molecule has 12 nitrogen and oxygen atoms in total. The van der Waals surface area contributed by atoms with Gasteiger partial charge in [0.15, 0.2) is 21.3 Å². The highest BCUT2D eigenvalue weighted by Gasteiger charge is 2.60. The highest BCUT2D eigenvalue weighted by atomic mass is 32.2. The molecule has 0 N–H and O–H groups in total. The van der Waals surface area contributed by atoms with Gasteiger partial charge in [0.25, 0.3) is 5.91 Å². The number of carbonyl (C=O) groups is 4.